The molecule has 0 amide bonds. The van der Waals surface area contributed by atoms with Crippen molar-refractivity contribution in [1.29, 1.82) is 0 Å². The fraction of sp³-hybridized carbons (Fsp3) is 0.250. The molecule has 0 aliphatic rings. The molecule has 4 rings (SSSR count). The molecule has 0 fully saturated rings. The molecule has 0 atom stereocenters. The number of H-pyrrole nitrogens is 4. The summed E-state index contributed by atoms with van der Waals surface area (Å²) in [5.74, 6) is 3.87. The fourth-order valence-corrected chi connectivity index (χ4v) is 1.38. The zero-order valence-corrected chi connectivity index (χ0v) is 21.3. The van der Waals surface area contributed by atoms with E-state index < -0.39 is 20.5 Å². The minimum Gasteiger partial charge on any atom is -0.349 e. The van der Waals surface area contributed by atoms with E-state index in [1.807, 2.05) is 27.7 Å². The van der Waals surface area contributed by atoms with E-state index in [-0.39, 0.29) is 16.8 Å². The quantitative estimate of drug-likeness (QED) is 0.149. The second-order valence-corrected chi connectivity index (χ2v) is 6.97. The van der Waals surface area contributed by atoms with Gasteiger partial charge in [-0.15, -0.1) is 20.5 Å². The Morgan fingerprint density at radius 3 is 0.629 bits per heavy atom. The molecule has 0 saturated carbocycles. The molecule has 16 nitrogen and oxygen atoms in total. The molecule has 1 radical (unpaired) electrons. The average molecular weight is 586 g/mol. The average Bonchev–Trinajstić information content (AvgIpc) is 3.44. The smallest absolute Gasteiger partial charge is 0.349 e. The number of nitrogens with one attached hydrogen (secondary N) is 4. The molecule has 4 aromatic rings. The number of aromatic nitrogens is 8. The number of rotatable bonds is 0. The van der Waals surface area contributed by atoms with E-state index in [1.165, 1.54) is 0 Å². The van der Waals surface area contributed by atoms with Crippen LogP contribution in [0, 0.1) is 48.2 Å². The van der Waals surface area contributed by atoms with E-state index in [9.17, 15) is 0 Å². The van der Waals surface area contributed by atoms with Crippen LogP contribution in [0.15, 0.2) is 49.6 Å². The van der Waals surface area contributed by atoms with E-state index in [1.54, 1.807) is 49.6 Å². The van der Waals surface area contributed by atoms with Gasteiger partial charge >= 0.3 is 16.8 Å². The Bertz CT molecular complexity index is 748. The van der Waals surface area contributed by atoms with Gasteiger partial charge in [0, 0.05) is 49.6 Å². The van der Waals surface area contributed by atoms with Gasteiger partial charge in [0.05, 0.1) is 0 Å². The first kappa shape index (κ1) is 37.2. The van der Waals surface area contributed by atoms with Crippen LogP contribution in [0.4, 0.5) is 0 Å². The first-order valence-corrected chi connectivity index (χ1v) is 11.1. The number of aromatic amines is 4. The summed E-state index contributed by atoms with van der Waals surface area (Å²) in [5, 5.41) is 0. The SMILES string of the molecule is Cc1ncc[nH]1.Cc1ncc[nH]1.Cc1ncc[nH]1.Cc1ncc[nH]1.[Co+2].[O-][Cl+3]([O-])([O-])[O-].[O-][Cl+3]([O-])([O-])[O-]. The molecule has 0 bridgehead atoms. The Morgan fingerprint density at radius 2 is 0.600 bits per heavy atom. The maximum Gasteiger partial charge on any atom is 2.00 e. The van der Waals surface area contributed by atoms with Crippen LogP contribution < -0.4 is 37.3 Å². The summed E-state index contributed by atoms with van der Waals surface area (Å²) >= 11 is 0. The second-order valence-electron chi connectivity index (χ2n) is 5.45. The minimum atomic E-state index is -4.94. The number of hydrogen-bond donors (Lipinski definition) is 4. The van der Waals surface area contributed by atoms with E-state index in [0.29, 0.717) is 0 Å². The Morgan fingerprint density at radius 1 is 0.457 bits per heavy atom. The van der Waals surface area contributed by atoms with Crippen molar-refractivity contribution in [3.05, 3.63) is 72.9 Å². The van der Waals surface area contributed by atoms with Crippen LogP contribution in [0.2, 0.25) is 0 Å². The minimum absolute atomic E-state index is 0. The van der Waals surface area contributed by atoms with Gasteiger partial charge < -0.3 is 19.9 Å². The first-order valence-electron chi connectivity index (χ1n) is 8.65. The Hall–Kier alpha value is -2.39. The third kappa shape index (κ3) is 42.3. The topological polar surface area (TPSA) is 299 Å². The summed E-state index contributed by atoms with van der Waals surface area (Å²) in [7, 11) is -9.89. The van der Waals surface area contributed by atoms with Gasteiger partial charge in [0.15, 0.2) is 0 Å². The molecule has 0 aliphatic heterocycles. The predicted molar refractivity (Wildman–Crippen MR) is 93.3 cm³/mol. The normalized spacial score (nSPS) is 9.49. The molecule has 0 unspecified atom stereocenters. The van der Waals surface area contributed by atoms with Crippen LogP contribution in [0.1, 0.15) is 23.3 Å². The second kappa shape index (κ2) is 20.9. The van der Waals surface area contributed by atoms with Gasteiger partial charge in [-0.2, -0.15) is 0 Å². The number of nitrogens with zero attached hydrogens (tertiary/aromatic N) is 4. The number of hydrogen-bond acceptors (Lipinski definition) is 12. The zero-order chi connectivity index (χ0) is 26.6. The van der Waals surface area contributed by atoms with Gasteiger partial charge in [0.1, 0.15) is 23.3 Å². The molecule has 0 aliphatic carbocycles. The van der Waals surface area contributed by atoms with E-state index in [0.717, 1.165) is 23.3 Å². The summed E-state index contributed by atoms with van der Waals surface area (Å²) in [6.07, 6.45) is 14.1. The van der Waals surface area contributed by atoms with Crippen molar-refractivity contribution in [3.8, 4) is 0 Å². The molecule has 4 N–H and O–H groups in total. The van der Waals surface area contributed by atoms with Crippen molar-refractivity contribution in [2.75, 3.05) is 0 Å². The van der Waals surface area contributed by atoms with Crippen LogP contribution in [0.5, 0.6) is 0 Å². The molecule has 35 heavy (non-hydrogen) atoms. The molecule has 4 heterocycles. The molecule has 0 aromatic carbocycles. The number of aryl methyl sites for hydroxylation is 4. The van der Waals surface area contributed by atoms with Gasteiger partial charge in [0.25, 0.3) is 0 Å². The monoisotopic (exact) mass is 585 g/mol. The standard InChI is InChI=1S/4C4H6N2.2ClHO4.Co/c4*1-4-5-2-3-6-4;2*2-1(3,4)5;/h4*2-3H,1H3,(H,5,6);2*(H,2,3,4,5);/q;;;;;;+2/p-2. The van der Waals surface area contributed by atoms with E-state index in [2.05, 4.69) is 39.9 Å². The predicted octanol–water partition coefficient (Wildman–Crippen LogP) is -6.64. The summed E-state index contributed by atoms with van der Waals surface area (Å²) < 4.78 is 67.9. The molecule has 0 saturated heterocycles. The van der Waals surface area contributed by atoms with Crippen LogP contribution in [0.25, 0.3) is 0 Å². The van der Waals surface area contributed by atoms with Crippen molar-refractivity contribution in [1.82, 2.24) is 39.9 Å². The third-order valence-corrected chi connectivity index (χ3v) is 2.54. The van der Waals surface area contributed by atoms with Crippen molar-refractivity contribution in [3.63, 3.8) is 0 Å². The number of halogens is 2. The molecular formula is C16H24Cl2CoN8O8. The first-order chi connectivity index (χ1) is 15.6. The summed E-state index contributed by atoms with van der Waals surface area (Å²) in [4.78, 5) is 27.0. The molecule has 0 spiro atoms. The van der Waals surface area contributed by atoms with Crippen LogP contribution in [0.3, 0.4) is 0 Å². The van der Waals surface area contributed by atoms with Gasteiger partial charge in [-0.3, -0.25) is 0 Å². The van der Waals surface area contributed by atoms with Gasteiger partial charge in [-0.25, -0.2) is 57.2 Å². The largest absolute Gasteiger partial charge is 2.00 e. The van der Waals surface area contributed by atoms with Gasteiger partial charge in [0.2, 0.25) is 0 Å². The van der Waals surface area contributed by atoms with E-state index >= 15 is 0 Å². The summed E-state index contributed by atoms with van der Waals surface area (Å²) in [6, 6.07) is 0. The van der Waals surface area contributed by atoms with Gasteiger partial charge in [-0.1, -0.05) is 0 Å². The van der Waals surface area contributed by atoms with Crippen molar-refractivity contribution >= 4 is 0 Å². The molecular weight excluding hydrogens is 562 g/mol. The van der Waals surface area contributed by atoms with Crippen molar-refractivity contribution < 1.29 is 74.5 Å². The van der Waals surface area contributed by atoms with Crippen molar-refractivity contribution in [2.24, 2.45) is 0 Å². The Labute approximate surface area is 214 Å². The number of imidazole rings is 4. The zero-order valence-electron chi connectivity index (χ0n) is 18.8. The maximum atomic E-state index is 8.49. The summed E-state index contributed by atoms with van der Waals surface area (Å²) in [5.41, 5.74) is 0. The fourth-order valence-electron chi connectivity index (χ4n) is 1.38. The van der Waals surface area contributed by atoms with Crippen LogP contribution in [-0.4, -0.2) is 39.9 Å². The van der Waals surface area contributed by atoms with Crippen LogP contribution >= 0.6 is 0 Å². The Balaban J connectivity index is -0.000000350. The summed E-state index contributed by atoms with van der Waals surface area (Å²) in [6.45, 7) is 7.67. The Kier molecular flexibility index (Phi) is 22.2. The van der Waals surface area contributed by atoms with E-state index in [4.69, 9.17) is 37.3 Å². The van der Waals surface area contributed by atoms with Crippen LogP contribution in [-0.2, 0) is 16.8 Å². The third-order valence-electron chi connectivity index (χ3n) is 2.54. The molecule has 19 heteroatoms. The van der Waals surface area contributed by atoms with Gasteiger partial charge in [-0.05, 0) is 27.7 Å². The van der Waals surface area contributed by atoms with Crippen molar-refractivity contribution in [2.45, 2.75) is 27.7 Å². The molecule has 4 aromatic heterocycles. The maximum absolute atomic E-state index is 8.49. The molecule has 199 valence electrons.